The first kappa shape index (κ1) is 15.5. The summed E-state index contributed by atoms with van der Waals surface area (Å²) in [7, 11) is 0. The van der Waals surface area contributed by atoms with Crippen molar-refractivity contribution in [3.8, 4) is 0 Å². The molecule has 19 heavy (non-hydrogen) atoms. The summed E-state index contributed by atoms with van der Waals surface area (Å²) in [6, 6.07) is 9.98. The van der Waals surface area contributed by atoms with Gasteiger partial charge in [-0.2, -0.15) is 13.2 Å². The van der Waals surface area contributed by atoms with Crippen LogP contribution in [0, 0.1) is 0 Å². The number of benzene rings is 1. The molecule has 1 rings (SSSR count). The van der Waals surface area contributed by atoms with Gasteiger partial charge in [-0.25, -0.2) is 0 Å². The molecule has 0 aliphatic rings. The van der Waals surface area contributed by atoms with E-state index in [2.05, 4.69) is 5.32 Å². The second-order valence-electron chi connectivity index (χ2n) is 4.12. The summed E-state index contributed by atoms with van der Waals surface area (Å²) >= 11 is 0. The number of halogens is 3. The van der Waals surface area contributed by atoms with Crippen molar-refractivity contribution >= 4 is 5.91 Å². The summed E-state index contributed by atoms with van der Waals surface area (Å²) in [6.07, 6.45) is -2.08. The molecular formula is C13H17F3N2O. The fraction of sp³-hybridized carbons (Fsp3) is 0.462. The van der Waals surface area contributed by atoms with Crippen molar-refractivity contribution in [1.82, 2.24) is 10.6 Å². The summed E-state index contributed by atoms with van der Waals surface area (Å²) in [5.74, 6) is -1.91. The van der Waals surface area contributed by atoms with Gasteiger partial charge in [-0.15, -0.1) is 0 Å². The first-order chi connectivity index (χ1) is 9.00. The van der Waals surface area contributed by atoms with E-state index in [0.29, 0.717) is 6.54 Å². The van der Waals surface area contributed by atoms with E-state index in [4.69, 9.17) is 0 Å². The van der Waals surface area contributed by atoms with E-state index in [1.165, 1.54) is 5.56 Å². The Morgan fingerprint density at radius 1 is 1.11 bits per heavy atom. The SMILES string of the molecule is O=C(NCNCCCCc1ccccc1)C(F)(F)F. The molecular weight excluding hydrogens is 257 g/mol. The molecule has 0 saturated carbocycles. The molecule has 1 aromatic carbocycles. The van der Waals surface area contributed by atoms with Gasteiger partial charge in [-0.1, -0.05) is 30.3 Å². The summed E-state index contributed by atoms with van der Waals surface area (Å²) in [5, 5.41) is 4.50. The summed E-state index contributed by atoms with van der Waals surface area (Å²) in [6.45, 7) is 0.411. The standard InChI is InChI=1S/C13H17F3N2O/c14-13(15,16)12(19)18-10-17-9-5-4-8-11-6-2-1-3-7-11/h1-3,6-7,17H,4-5,8-10H2,(H,18,19). The highest BCUT2D eigenvalue weighted by atomic mass is 19.4. The smallest absolute Gasteiger partial charge is 0.336 e. The van der Waals surface area contributed by atoms with Crippen LogP contribution in [-0.4, -0.2) is 25.3 Å². The molecule has 0 aliphatic heterocycles. The van der Waals surface area contributed by atoms with Gasteiger partial charge in [-0.3, -0.25) is 10.1 Å². The van der Waals surface area contributed by atoms with Gasteiger partial charge in [-0.05, 0) is 31.4 Å². The Morgan fingerprint density at radius 2 is 1.79 bits per heavy atom. The van der Waals surface area contributed by atoms with Gasteiger partial charge in [0, 0.05) is 0 Å². The molecule has 2 N–H and O–H groups in total. The van der Waals surface area contributed by atoms with Crippen LogP contribution in [0.15, 0.2) is 30.3 Å². The van der Waals surface area contributed by atoms with Crippen molar-refractivity contribution in [2.45, 2.75) is 25.4 Å². The molecule has 3 nitrogen and oxygen atoms in total. The van der Waals surface area contributed by atoms with Gasteiger partial charge in [0.05, 0.1) is 6.67 Å². The van der Waals surface area contributed by atoms with Crippen LogP contribution in [-0.2, 0) is 11.2 Å². The van der Waals surface area contributed by atoms with Crippen LogP contribution in [0.3, 0.4) is 0 Å². The van der Waals surface area contributed by atoms with Crippen molar-refractivity contribution in [3.63, 3.8) is 0 Å². The largest absolute Gasteiger partial charge is 0.471 e. The van der Waals surface area contributed by atoms with Crippen LogP contribution >= 0.6 is 0 Å². The van der Waals surface area contributed by atoms with E-state index in [-0.39, 0.29) is 6.67 Å². The van der Waals surface area contributed by atoms with Crippen LogP contribution in [0.5, 0.6) is 0 Å². The minimum Gasteiger partial charge on any atom is -0.336 e. The first-order valence-corrected chi connectivity index (χ1v) is 6.10. The number of amides is 1. The molecule has 0 bridgehead atoms. The Balaban J connectivity index is 1.99. The Hall–Kier alpha value is -1.56. The number of rotatable bonds is 7. The zero-order valence-corrected chi connectivity index (χ0v) is 10.5. The Morgan fingerprint density at radius 3 is 2.42 bits per heavy atom. The summed E-state index contributed by atoms with van der Waals surface area (Å²) in [5.41, 5.74) is 1.24. The molecule has 0 aliphatic carbocycles. The van der Waals surface area contributed by atoms with E-state index in [1.807, 2.05) is 30.3 Å². The van der Waals surface area contributed by atoms with Gasteiger partial charge >= 0.3 is 12.1 Å². The number of hydrogen-bond acceptors (Lipinski definition) is 2. The number of hydrogen-bond donors (Lipinski definition) is 2. The maximum Gasteiger partial charge on any atom is 0.471 e. The second-order valence-corrected chi connectivity index (χ2v) is 4.12. The summed E-state index contributed by atoms with van der Waals surface area (Å²) < 4.78 is 35.5. The molecule has 0 spiro atoms. The number of alkyl halides is 3. The van der Waals surface area contributed by atoms with Gasteiger partial charge in [0.2, 0.25) is 0 Å². The van der Waals surface area contributed by atoms with E-state index in [9.17, 15) is 18.0 Å². The number of nitrogens with one attached hydrogen (secondary N) is 2. The average Bonchev–Trinajstić information content (AvgIpc) is 2.37. The quantitative estimate of drug-likeness (QED) is 0.591. The molecule has 0 unspecified atom stereocenters. The number of unbranched alkanes of at least 4 members (excludes halogenated alkanes) is 1. The van der Waals surface area contributed by atoms with Crippen molar-refractivity contribution in [1.29, 1.82) is 0 Å². The van der Waals surface area contributed by atoms with Gasteiger partial charge < -0.3 is 5.32 Å². The molecule has 0 fully saturated rings. The molecule has 106 valence electrons. The molecule has 0 saturated heterocycles. The third-order valence-corrected chi connectivity index (χ3v) is 2.54. The fourth-order valence-electron chi connectivity index (χ4n) is 1.56. The molecule has 1 amide bonds. The first-order valence-electron chi connectivity index (χ1n) is 6.10. The van der Waals surface area contributed by atoms with Crippen LogP contribution < -0.4 is 10.6 Å². The maximum atomic E-state index is 11.8. The maximum absolute atomic E-state index is 11.8. The van der Waals surface area contributed by atoms with Gasteiger partial charge in [0.1, 0.15) is 0 Å². The Bertz CT molecular complexity index is 379. The zero-order valence-electron chi connectivity index (χ0n) is 10.5. The zero-order chi connectivity index (χ0) is 14.1. The number of carbonyl (C=O) groups is 1. The molecule has 0 heterocycles. The number of carbonyl (C=O) groups excluding carboxylic acids is 1. The fourth-order valence-corrected chi connectivity index (χ4v) is 1.56. The van der Waals surface area contributed by atoms with Crippen LogP contribution in [0.1, 0.15) is 18.4 Å². The lowest BCUT2D eigenvalue weighted by Crippen LogP contribution is -2.42. The topological polar surface area (TPSA) is 41.1 Å². The second kappa shape index (κ2) is 7.78. The van der Waals surface area contributed by atoms with Gasteiger partial charge in [0.15, 0.2) is 0 Å². The van der Waals surface area contributed by atoms with E-state index in [0.717, 1.165) is 19.3 Å². The summed E-state index contributed by atoms with van der Waals surface area (Å²) in [4.78, 5) is 10.5. The van der Waals surface area contributed by atoms with Crippen molar-refractivity contribution in [3.05, 3.63) is 35.9 Å². The highest BCUT2D eigenvalue weighted by Crippen LogP contribution is 2.13. The molecule has 0 atom stereocenters. The van der Waals surface area contributed by atoms with E-state index >= 15 is 0 Å². The minimum atomic E-state index is -4.81. The highest BCUT2D eigenvalue weighted by molar-refractivity contribution is 5.81. The minimum absolute atomic E-state index is 0.163. The lowest BCUT2D eigenvalue weighted by molar-refractivity contribution is -0.173. The Labute approximate surface area is 110 Å². The average molecular weight is 274 g/mol. The highest BCUT2D eigenvalue weighted by Gasteiger charge is 2.38. The normalized spacial score (nSPS) is 11.3. The predicted octanol–water partition coefficient (Wildman–Crippen LogP) is 2.23. The molecule has 6 heteroatoms. The molecule has 0 radical (unpaired) electrons. The van der Waals surface area contributed by atoms with Crippen molar-refractivity contribution in [2.75, 3.05) is 13.2 Å². The van der Waals surface area contributed by atoms with Crippen LogP contribution in [0.2, 0.25) is 0 Å². The van der Waals surface area contributed by atoms with E-state index < -0.39 is 12.1 Å². The van der Waals surface area contributed by atoms with Crippen molar-refractivity contribution < 1.29 is 18.0 Å². The van der Waals surface area contributed by atoms with Crippen molar-refractivity contribution in [2.24, 2.45) is 0 Å². The number of aryl methyl sites for hydroxylation is 1. The third kappa shape index (κ3) is 6.81. The molecule has 0 aromatic heterocycles. The lowest BCUT2D eigenvalue weighted by Gasteiger charge is -2.09. The molecule has 1 aromatic rings. The van der Waals surface area contributed by atoms with Crippen LogP contribution in [0.4, 0.5) is 13.2 Å². The monoisotopic (exact) mass is 274 g/mol. The third-order valence-electron chi connectivity index (χ3n) is 2.54. The predicted molar refractivity (Wildman–Crippen MR) is 66.4 cm³/mol. The lowest BCUT2D eigenvalue weighted by atomic mass is 10.1. The van der Waals surface area contributed by atoms with Crippen LogP contribution in [0.25, 0.3) is 0 Å². The Kier molecular flexibility index (Phi) is 6.35. The van der Waals surface area contributed by atoms with Gasteiger partial charge in [0.25, 0.3) is 0 Å². The van der Waals surface area contributed by atoms with E-state index in [1.54, 1.807) is 5.32 Å².